The number of nitrogens with zero attached hydrogens (tertiary/aromatic N) is 6. The van der Waals surface area contributed by atoms with E-state index in [2.05, 4.69) is 30.1 Å². The Hall–Kier alpha value is -4.79. The number of nitrogens with one attached hydrogen (secondary N) is 1. The van der Waals surface area contributed by atoms with E-state index in [1.807, 2.05) is 6.07 Å². The third kappa shape index (κ3) is 5.33. The van der Waals surface area contributed by atoms with Crippen molar-refractivity contribution in [3.63, 3.8) is 0 Å². The molecule has 1 N–H and O–H groups in total. The van der Waals surface area contributed by atoms with Crippen molar-refractivity contribution in [1.29, 1.82) is 5.26 Å². The van der Waals surface area contributed by atoms with Crippen LogP contribution in [0.1, 0.15) is 21.7 Å². The maximum absolute atomic E-state index is 12.7. The van der Waals surface area contributed by atoms with E-state index >= 15 is 0 Å². The van der Waals surface area contributed by atoms with Crippen LogP contribution in [0.15, 0.2) is 67.4 Å². The number of aromatic nitrogens is 5. The number of rotatable bonds is 6. The van der Waals surface area contributed by atoms with Crippen molar-refractivity contribution in [2.24, 2.45) is 0 Å². The average molecular weight is 465 g/mol. The van der Waals surface area contributed by atoms with Gasteiger partial charge < -0.3 is 10.1 Å². The Morgan fingerprint density at radius 3 is 2.53 bits per heavy atom. The standard InChI is InChI=1S/C22H14F3N7O2/c23-22(24,25)34-18-4-2-15(3-5-18)16-7-17(11-27-10-16)21(33)29-12-20-30-13-31-32(20)19-6-1-14(8-26)9-28-19/h1-7,9-11,13H,12H2,(H,29,33). The van der Waals surface area contributed by atoms with Crippen LogP contribution in [0.25, 0.3) is 16.9 Å². The van der Waals surface area contributed by atoms with Crippen molar-refractivity contribution in [2.75, 3.05) is 0 Å². The van der Waals surface area contributed by atoms with E-state index in [1.54, 1.807) is 18.2 Å². The highest BCUT2D eigenvalue weighted by Gasteiger charge is 2.31. The van der Waals surface area contributed by atoms with Gasteiger partial charge in [-0.15, -0.1) is 13.2 Å². The Labute approximate surface area is 190 Å². The van der Waals surface area contributed by atoms with E-state index in [0.717, 1.165) is 0 Å². The van der Waals surface area contributed by atoms with Gasteiger partial charge in [-0.05, 0) is 35.9 Å². The van der Waals surface area contributed by atoms with Crippen LogP contribution in [0.2, 0.25) is 0 Å². The van der Waals surface area contributed by atoms with Gasteiger partial charge in [0.2, 0.25) is 0 Å². The summed E-state index contributed by atoms with van der Waals surface area (Å²) >= 11 is 0. The van der Waals surface area contributed by atoms with Gasteiger partial charge in [0.1, 0.15) is 18.1 Å². The van der Waals surface area contributed by atoms with Crippen molar-refractivity contribution < 1.29 is 22.7 Å². The molecule has 170 valence electrons. The van der Waals surface area contributed by atoms with Gasteiger partial charge in [-0.1, -0.05) is 12.1 Å². The molecule has 0 fully saturated rings. The summed E-state index contributed by atoms with van der Waals surface area (Å²) in [6, 6.07) is 12.0. The second kappa shape index (κ2) is 9.37. The molecule has 0 aliphatic carbocycles. The molecule has 9 nitrogen and oxygen atoms in total. The zero-order chi connectivity index (χ0) is 24.1. The largest absolute Gasteiger partial charge is 0.573 e. The first kappa shape index (κ1) is 22.4. The smallest absolute Gasteiger partial charge is 0.406 e. The predicted molar refractivity (Wildman–Crippen MR) is 111 cm³/mol. The summed E-state index contributed by atoms with van der Waals surface area (Å²) in [6.07, 6.45) is 0.798. The number of nitriles is 1. The average Bonchev–Trinajstić information content (AvgIpc) is 3.31. The maximum atomic E-state index is 12.7. The third-order valence-corrected chi connectivity index (χ3v) is 4.54. The first-order chi connectivity index (χ1) is 16.3. The zero-order valence-electron chi connectivity index (χ0n) is 17.2. The number of ether oxygens (including phenoxy) is 1. The number of benzene rings is 1. The van der Waals surface area contributed by atoms with Gasteiger partial charge in [0.05, 0.1) is 17.7 Å². The zero-order valence-corrected chi connectivity index (χ0v) is 17.2. The minimum absolute atomic E-state index is 0.0359. The van der Waals surface area contributed by atoms with E-state index in [0.29, 0.717) is 28.3 Å². The summed E-state index contributed by atoms with van der Waals surface area (Å²) in [5, 5.41) is 15.7. The molecule has 1 amide bonds. The summed E-state index contributed by atoms with van der Waals surface area (Å²) in [5.41, 5.74) is 1.74. The van der Waals surface area contributed by atoms with Crippen LogP contribution in [0, 0.1) is 11.3 Å². The highest BCUT2D eigenvalue weighted by molar-refractivity contribution is 5.95. The number of hydrogen-bond donors (Lipinski definition) is 1. The summed E-state index contributed by atoms with van der Waals surface area (Å²) in [7, 11) is 0. The molecule has 12 heteroatoms. The lowest BCUT2D eigenvalue weighted by atomic mass is 10.1. The number of halogens is 3. The molecule has 3 heterocycles. The van der Waals surface area contributed by atoms with E-state index in [9.17, 15) is 18.0 Å². The summed E-state index contributed by atoms with van der Waals surface area (Å²) < 4.78 is 42.3. The van der Waals surface area contributed by atoms with Gasteiger partial charge in [0, 0.05) is 24.2 Å². The molecule has 0 bridgehead atoms. The molecule has 0 spiro atoms. The molecular weight excluding hydrogens is 451 g/mol. The van der Waals surface area contributed by atoms with Crippen molar-refractivity contribution in [3.05, 3.63) is 84.3 Å². The molecular formula is C22H14F3N7O2. The number of alkyl halides is 3. The lowest BCUT2D eigenvalue weighted by molar-refractivity contribution is -0.274. The molecule has 1 aromatic carbocycles. The fraction of sp³-hybridized carbons (Fsp3) is 0.0909. The van der Waals surface area contributed by atoms with Crippen LogP contribution in [-0.2, 0) is 6.54 Å². The molecule has 0 saturated carbocycles. The monoisotopic (exact) mass is 465 g/mol. The van der Waals surface area contributed by atoms with Crippen molar-refractivity contribution in [3.8, 4) is 28.8 Å². The van der Waals surface area contributed by atoms with Crippen molar-refractivity contribution >= 4 is 5.91 Å². The summed E-state index contributed by atoms with van der Waals surface area (Å²) in [5.74, 6) is 0.0602. The number of pyridine rings is 2. The molecule has 34 heavy (non-hydrogen) atoms. The number of carbonyl (C=O) groups excluding carboxylic acids is 1. The van der Waals surface area contributed by atoms with Gasteiger partial charge in [0.15, 0.2) is 11.6 Å². The molecule has 0 unspecified atom stereocenters. The number of hydrogen-bond acceptors (Lipinski definition) is 7. The molecule has 3 aromatic heterocycles. The van der Waals surface area contributed by atoms with Crippen LogP contribution in [0.4, 0.5) is 13.2 Å². The fourth-order valence-electron chi connectivity index (χ4n) is 2.99. The minimum Gasteiger partial charge on any atom is -0.406 e. The quantitative estimate of drug-likeness (QED) is 0.463. The minimum atomic E-state index is -4.78. The highest BCUT2D eigenvalue weighted by atomic mass is 19.4. The highest BCUT2D eigenvalue weighted by Crippen LogP contribution is 2.26. The number of carbonyl (C=O) groups is 1. The lowest BCUT2D eigenvalue weighted by Gasteiger charge is -2.10. The van der Waals surface area contributed by atoms with Gasteiger partial charge >= 0.3 is 6.36 Å². The topological polar surface area (TPSA) is 119 Å². The predicted octanol–water partition coefficient (Wildman–Crippen LogP) is 3.42. The molecule has 0 atom stereocenters. The van der Waals surface area contributed by atoms with E-state index in [1.165, 1.54) is 53.9 Å². The lowest BCUT2D eigenvalue weighted by Crippen LogP contribution is -2.25. The van der Waals surface area contributed by atoms with Gasteiger partial charge in [0.25, 0.3) is 5.91 Å². The Kier molecular flexibility index (Phi) is 6.18. The van der Waals surface area contributed by atoms with Crippen molar-refractivity contribution in [1.82, 2.24) is 30.0 Å². The Morgan fingerprint density at radius 2 is 1.85 bits per heavy atom. The van der Waals surface area contributed by atoms with E-state index in [-0.39, 0.29) is 17.9 Å². The Balaban J connectivity index is 1.45. The first-order valence-corrected chi connectivity index (χ1v) is 9.67. The van der Waals surface area contributed by atoms with E-state index in [4.69, 9.17) is 5.26 Å². The first-order valence-electron chi connectivity index (χ1n) is 9.67. The SMILES string of the molecule is N#Cc1ccc(-n2ncnc2CNC(=O)c2cncc(-c3ccc(OC(F)(F)F)cc3)c2)nc1. The molecule has 0 saturated heterocycles. The second-order valence-electron chi connectivity index (χ2n) is 6.82. The normalized spacial score (nSPS) is 11.0. The van der Waals surface area contributed by atoms with Gasteiger partial charge in [-0.3, -0.25) is 9.78 Å². The van der Waals surface area contributed by atoms with Crippen molar-refractivity contribution in [2.45, 2.75) is 12.9 Å². The molecule has 4 aromatic rings. The Bertz CT molecular complexity index is 1340. The van der Waals surface area contributed by atoms with E-state index < -0.39 is 12.3 Å². The Morgan fingerprint density at radius 1 is 1.06 bits per heavy atom. The van der Waals surface area contributed by atoms with Crippen LogP contribution < -0.4 is 10.1 Å². The summed E-state index contributed by atoms with van der Waals surface area (Å²) in [6.45, 7) is 0.0359. The molecule has 0 aliphatic rings. The second-order valence-corrected chi connectivity index (χ2v) is 6.82. The third-order valence-electron chi connectivity index (χ3n) is 4.54. The van der Waals surface area contributed by atoms with Crippen LogP contribution in [-0.4, -0.2) is 37.0 Å². The fourth-order valence-corrected chi connectivity index (χ4v) is 2.99. The van der Waals surface area contributed by atoms with Crippen LogP contribution in [0.3, 0.4) is 0 Å². The summed E-state index contributed by atoms with van der Waals surface area (Å²) in [4.78, 5) is 25.0. The molecule has 0 aliphatic heterocycles. The molecule has 4 rings (SSSR count). The number of amides is 1. The van der Waals surface area contributed by atoms with Crippen LogP contribution in [0.5, 0.6) is 5.75 Å². The maximum Gasteiger partial charge on any atom is 0.573 e. The van der Waals surface area contributed by atoms with Crippen LogP contribution >= 0.6 is 0 Å². The van der Waals surface area contributed by atoms with Gasteiger partial charge in [-0.2, -0.15) is 15.0 Å². The van der Waals surface area contributed by atoms with Gasteiger partial charge in [-0.25, -0.2) is 9.97 Å². The molecule has 0 radical (unpaired) electrons.